The molecule has 0 fully saturated rings. The fourth-order valence-electron chi connectivity index (χ4n) is 2.35. The smallest absolute Gasteiger partial charge is 0.340 e. The van der Waals surface area contributed by atoms with Gasteiger partial charge in [0.05, 0.1) is 12.7 Å². The van der Waals surface area contributed by atoms with Gasteiger partial charge in [0.2, 0.25) is 6.79 Å². The average Bonchev–Trinajstić information content (AvgIpc) is 3.25. The molecule has 0 saturated heterocycles. The maximum absolute atomic E-state index is 11.9. The number of methoxy groups -OCH3 is 1. The van der Waals surface area contributed by atoms with Crippen molar-refractivity contribution in [2.24, 2.45) is 0 Å². The van der Waals surface area contributed by atoms with E-state index in [1.807, 2.05) is 31.2 Å². The number of esters is 1. The van der Waals surface area contributed by atoms with Crippen LogP contribution in [0.25, 0.3) is 0 Å². The molecule has 0 radical (unpaired) electrons. The Morgan fingerprint density at radius 1 is 1.32 bits per heavy atom. The molecule has 2 aromatic rings. The van der Waals surface area contributed by atoms with Crippen LogP contribution in [0, 0.1) is 0 Å². The number of carbonyl (C=O) groups excluding carboxylic acids is 1. The van der Waals surface area contributed by atoms with Crippen LogP contribution in [0.3, 0.4) is 0 Å². The lowest BCUT2D eigenvalue weighted by atomic mass is 10.2. The molecule has 8 heteroatoms. The molecule has 1 aromatic heterocycles. The molecule has 0 saturated carbocycles. The number of anilines is 1. The fourth-order valence-corrected chi connectivity index (χ4v) is 3.58. The van der Waals surface area contributed by atoms with Gasteiger partial charge in [0.25, 0.3) is 0 Å². The fraction of sp³-hybridized carbons (Fsp3) is 0.294. The maximum Gasteiger partial charge on any atom is 0.340 e. The summed E-state index contributed by atoms with van der Waals surface area (Å²) in [6.45, 7) is 2.82. The number of thiocarbonyl (C=S) groups is 1. The molecule has 0 amide bonds. The van der Waals surface area contributed by atoms with E-state index in [9.17, 15) is 4.79 Å². The van der Waals surface area contributed by atoms with E-state index in [2.05, 4.69) is 10.6 Å². The minimum Gasteiger partial charge on any atom is -0.465 e. The molecule has 25 heavy (non-hydrogen) atoms. The number of fused-ring (bicyclic) bond motifs is 1. The van der Waals surface area contributed by atoms with E-state index in [1.165, 1.54) is 18.4 Å². The highest BCUT2D eigenvalue weighted by Crippen LogP contribution is 2.32. The zero-order chi connectivity index (χ0) is 17.8. The highest BCUT2D eigenvalue weighted by Gasteiger charge is 2.17. The molecule has 0 spiro atoms. The molecule has 132 valence electrons. The summed E-state index contributed by atoms with van der Waals surface area (Å²) in [5, 5.41) is 7.34. The lowest BCUT2D eigenvalue weighted by molar-refractivity contribution is 0.0602. The molecule has 3 rings (SSSR count). The second-order valence-electron chi connectivity index (χ2n) is 5.30. The topological polar surface area (TPSA) is 68.8 Å². The van der Waals surface area contributed by atoms with Gasteiger partial charge in [0, 0.05) is 11.4 Å². The van der Waals surface area contributed by atoms with Crippen molar-refractivity contribution in [1.29, 1.82) is 0 Å². The largest absolute Gasteiger partial charge is 0.465 e. The summed E-state index contributed by atoms with van der Waals surface area (Å²) in [5.74, 6) is 1.10. The van der Waals surface area contributed by atoms with Gasteiger partial charge in [-0.3, -0.25) is 0 Å². The quantitative estimate of drug-likeness (QED) is 0.611. The van der Waals surface area contributed by atoms with E-state index in [4.69, 9.17) is 26.4 Å². The summed E-state index contributed by atoms with van der Waals surface area (Å²) in [4.78, 5) is 13.0. The van der Waals surface area contributed by atoms with Crippen LogP contribution < -0.4 is 20.1 Å². The second-order valence-corrected chi connectivity index (χ2v) is 6.84. The Hall–Kier alpha value is -2.32. The van der Waals surface area contributed by atoms with Crippen LogP contribution >= 0.6 is 23.6 Å². The molecule has 0 atom stereocenters. The zero-order valence-corrected chi connectivity index (χ0v) is 15.5. The van der Waals surface area contributed by atoms with Gasteiger partial charge in [-0.15, -0.1) is 11.3 Å². The molecule has 0 unspecified atom stereocenters. The first-order valence-electron chi connectivity index (χ1n) is 7.75. The highest BCUT2D eigenvalue weighted by atomic mass is 32.1. The van der Waals surface area contributed by atoms with Crippen LogP contribution in [0.2, 0.25) is 0 Å². The first kappa shape index (κ1) is 17.5. The summed E-state index contributed by atoms with van der Waals surface area (Å²) in [6.07, 6.45) is 0.841. The van der Waals surface area contributed by atoms with E-state index in [1.54, 1.807) is 0 Å². The Morgan fingerprint density at radius 3 is 2.88 bits per heavy atom. The number of hydrogen-bond donors (Lipinski definition) is 2. The first-order chi connectivity index (χ1) is 12.1. The monoisotopic (exact) mass is 378 g/mol. The van der Waals surface area contributed by atoms with Crippen molar-refractivity contribution in [3.05, 3.63) is 40.3 Å². The predicted octanol–water partition coefficient (Wildman–Crippen LogP) is 3.31. The van der Waals surface area contributed by atoms with Crippen LogP contribution in [-0.2, 0) is 17.7 Å². The van der Waals surface area contributed by atoms with Gasteiger partial charge in [-0.1, -0.05) is 13.0 Å². The van der Waals surface area contributed by atoms with E-state index >= 15 is 0 Å². The number of carbonyl (C=O) groups is 1. The molecule has 1 aliphatic heterocycles. The normalized spacial score (nSPS) is 11.9. The second kappa shape index (κ2) is 7.71. The number of rotatable bonds is 5. The number of nitrogens with one attached hydrogen (secondary N) is 2. The summed E-state index contributed by atoms with van der Waals surface area (Å²) < 4.78 is 15.5. The first-order valence-corrected chi connectivity index (χ1v) is 8.97. The molecule has 0 aliphatic carbocycles. The van der Waals surface area contributed by atoms with Crippen LogP contribution in [0.1, 0.15) is 27.7 Å². The summed E-state index contributed by atoms with van der Waals surface area (Å²) in [7, 11) is 1.37. The van der Waals surface area contributed by atoms with E-state index in [0.717, 1.165) is 28.4 Å². The summed E-state index contributed by atoms with van der Waals surface area (Å²) >= 11 is 6.83. The molecule has 1 aromatic carbocycles. The minimum atomic E-state index is -0.378. The highest BCUT2D eigenvalue weighted by molar-refractivity contribution is 7.80. The third kappa shape index (κ3) is 4.02. The molecule has 1 aliphatic rings. The minimum absolute atomic E-state index is 0.251. The lowest BCUT2D eigenvalue weighted by Crippen LogP contribution is -2.28. The third-order valence-electron chi connectivity index (χ3n) is 3.65. The third-order valence-corrected chi connectivity index (χ3v) is 5.10. The lowest BCUT2D eigenvalue weighted by Gasteiger charge is -2.10. The van der Waals surface area contributed by atoms with Crippen molar-refractivity contribution in [2.75, 3.05) is 19.2 Å². The van der Waals surface area contributed by atoms with Gasteiger partial charge >= 0.3 is 5.97 Å². The zero-order valence-electron chi connectivity index (χ0n) is 13.9. The Bertz CT molecular complexity index is 804. The van der Waals surface area contributed by atoms with Gasteiger partial charge in [0.15, 0.2) is 16.6 Å². The standard InChI is InChI=1S/C17H18N2O4S2/c1-3-11-7-12(16(20)21-2)15(25-11)19-17(24)18-8-10-4-5-13-14(6-10)23-9-22-13/h4-7H,3,8-9H2,1-2H3,(H2,18,19,24). The van der Waals surface area contributed by atoms with Gasteiger partial charge in [-0.25, -0.2) is 4.79 Å². The predicted molar refractivity (Wildman–Crippen MR) is 101 cm³/mol. The summed E-state index contributed by atoms with van der Waals surface area (Å²) in [5.41, 5.74) is 1.51. The molecule has 6 nitrogen and oxygen atoms in total. The molecule has 2 N–H and O–H groups in total. The number of thiophene rings is 1. The van der Waals surface area contributed by atoms with Gasteiger partial charge < -0.3 is 24.8 Å². The summed E-state index contributed by atoms with van der Waals surface area (Å²) in [6, 6.07) is 7.57. The van der Waals surface area contributed by atoms with Gasteiger partial charge in [-0.2, -0.15) is 0 Å². The van der Waals surface area contributed by atoms with Crippen molar-refractivity contribution in [3.63, 3.8) is 0 Å². The Kier molecular flexibility index (Phi) is 5.40. The molecule has 0 bridgehead atoms. The van der Waals surface area contributed by atoms with Crippen molar-refractivity contribution in [2.45, 2.75) is 19.9 Å². The average molecular weight is 378 g/mol. The van der Waals surface area contributed by atoms with Crippen molar-refractivity contribution >= 4 is 39.6 Å². The van der Waals surface area contributed by atoms with E-state index in [-0.39, 0.29) is 12.8 Å². The van der Waals surface area contributed by atoms with Gasteiger partial charge in [-0.05, 0) is 42.4 Å². The van der Waals surface area contributed by atoms with Crippen molar-refractivity contribution in [3.8, 4) is 11.5 Å². The van der Waals surface area contributed by atoms with Crippen LogP contribution in [0.4, 0.5) is 5.00 Å². The molecular formula is C17H18N2O4S2. The Labute approximate surface area is 155 Å². The number of aryl methyl sites for hydroxylation is 1. The van der Waals surface area contributed by atoms with Crippen molar-refractivity contribution < 1.29 is 19.0 Å². The van der Waals surface area contributed by atoms with Crippen LogP contribution in [-0.4, -0.2) is 25.0 Å². The maximum atomic E-state index is 11.9. The van der Waals surface area contributed by atoms with Gasteiger partial charge in [0.1, 0.15) is 5.00 Å². The number of ether oxygens (including phenoxy) is 3. The van der Waals surface area contributed by atoms with E-state index < -0.39 is 0 Å². The number of hydrogen-bond acceptors (Lipinski definition) is 6. The van der Waals surface area contributed by atoms with Crippen LogP contribution in [0.15, 0.2) is 24.3 Å². The SMILES string of the molecule is CCc1cc(C(=O)OC)c(NC(=S)NCc2ccc3c(c2)OCO3)s1. The molecule has 2 heterocycles. The molecular weight excluding hydrogens is 360 g/mol. The Morgan fingerprint density at radius 2 is 2.12 bits per heavy atom. The Balaban J connectivity index is 1.63. The van der Waals surface area contributed by atoms with Crippen LogP contribution in [0.5, 0.6) is 11.5 Å². The van der Waals surface area contributed by atoms with Crippen molar-refractivity contribution in [1.82, 2.24) is 5.32 Å². The van der Waals surface area contributed by atoms with E-state index in [0.29, 0.717) is 22.2 Å². The number of benzene rings is 1.